The lowest BCUT2D eigenvalue weighted by atomic mass is 10.0. The van der Waals surface area contributed by atoms with E-state index in [1.165, 1.54) is 11.1 Å². The second-order valence-electron chi connectivity index (χ2n) is 6.52. The number of nitrogens with one attached hydrogen (secondary N) is 2. The number of likely N-dealkylation sites (N-methyl/N-ethyl adjacent to an activating group) is 1. The van der Waals surface area contributed by atoms with E-state index in [-0.39, 0.29) is 18.1 Å². The van der Waals surface area contributed by atoms with Gasteiger partial charge >= 0.3 is 0 Å². The normalized spacial score (nSPS) is 20.3. The number of aryl methyl sites for hydroxylation is 2. The summed E-state index contributed by atoms with van der Waals surface area (Å²) < 4.78 is 5.67. The Morgan fingerprint density at radius 1 is 1.39 bits per heavy atom. The first-order valence-corrected chi connectivity index (χ1v) is 8.33. The summed E-state index contributed by atoms with van der Waals surface area (Å²) in [5, 5.41) is 6.23. The van der Waals surface area contributed by atoms with Crippen molar-refractivity contribution in [2.24, 2.45) is 0 Å². The Bertz CT molecular complexity index is 533. The van der Waals surface area contributed by atoms with Crippen molar-refractivity contribution in [3.63, 3.8) is 0 Å². The van der Waals surface area contributed by atoms with E-state index in [1.54, 1.807) is 0 Å². The number of nitrogens with zero attached hydrogens (tertiary/aromatic N) is 1. The van der Waals surface area contributed by atoms with E-state index < -0.39 is 0 Å². The highest BCUT2D eigenvalue weighted by Gasteiger charge is 2.17. The van der Waals surface area contributed by atoms with Gasteiger partial charge in [0, 0.05) is 19.6 Å². The van der Waals surface area contributed by atoms with Gasteiger partial charge in [-0.3, -0.25) is 4.79 Å². The third-order valence-electron chi connectivity index (χ3n) is 4.41. The minimum atomic E-state index is 0.0138. The second-order valence-corrected chi connectivity index (χ2v) is 6.52. The molecule has 0 bridgehead atoms. The molecule has 1 amide bonds. The number of carbonyl (C=O) groups is 1. The number of rotatable bonds is 6. The Morgan fingerprint density at radius 3 is 2.87 bits per heavy atom. The van der Waals surface area contributed by atoms with Crippen molar-refractivity contribution < 1.29 is 9.53 Å². The summed E-state index contributed by atoms with van der Waals surface area (Å²) in [6, 6.07) is 6.33. The van der Waals surface area contributed by atoms with Gasteiger partial charge in [0.2, 0.25) is 5.91 Å². The van der Waals surface area contributed by atoms with E-state index in [9.17, 15) is 4.79 Å². The summed E-state index contributed by atoms with van der Waals surface area (Å²) in [6.07, 6.45) is 0.165. The molecule has 2 N–H and O–H groups in total. The minimum Gasteiger partial charge on any atom is -0.374 e. The molecule has 1 fully saturated rings. The second kappa shape index (κ2) is 8.43. The summed E-state index contributed by atoms with van der Waals surface area (Å²) in [5.41, 5.74) is 3.66. The lowest BCUT2D eigenvalue weighted by Gasteiger charge is -2.30. The first kappa shape index (κ1) is 17.9. The van der Waals surface area contributed by atoms with Crippen LogP contribution in [-0.2, 0) is 9.53 Å². The van der Waals surface area contributed by atoms with Gasteiger partial charge in [-0.2, -0.15) is 0 Å². The van der Waals surface area contributed by atoms with Crippen LogP contribution in [-0.4, -0.2) is 56.7 Å². The zero-order chi connectivity index (χ0) is 16.8. The molecule has 1 aromatic rings. The Balaban J connectivity index is 1.72. The standard InChI is InChI=1S/C18H29N3O2/c1-13-5-6-16(9-14(13)2)15(3)20-18(22)11-19-10-17-12-21(4)7-8-23-17/h5-6,9,15,17,19H,7-8,10-12H2,1-4H3,(H,20,22)/t15-,17-/m0/s1. The number of ether oxygens (including phenoxy) is 1. The number of morpholine rings is 1. The number of amides is 1. The maximum Gasteiger partial charge on any atom is 0.234 e. The van der Waals surface area contributed by atoms with E-state index in [0.717, 1.165) is 25.3 Å². The number of hydrogen-bond acceptors (Lipinski definition) is 4. The van der Waals surface area contributed by atoms with E-state index in [4.69, 9.17) is 4.74 Å². The maximum absolute atomic E-state index is 12.1. The lowest BCUT2D eigenvalue weighted by molar-refractivity contribution is -0.121. The Hall–Kier alpha value is -1.43. The summed E-state index contributed by atoms with van der Waals surface area (Å²) in [4.78, 5) is 14.3. The monoisotopic (exact) mass is 319 g/mol. The molecule has 5 heteroatoms. The summed E-state index contributed by atoms with van der Waals surface area (Å²) in [6.45, 7) is 9.87. The molecule has 0 aromatic heterocycles. The van der Waals surface area contributed by atoms with Crippen LogP contribution in [0.15, 0.2) is 18.2 Å². The lowest BCUT2D eigenvalue weighted by Crippen LogP contribution is -2.46. The average molecular weight is 319 g/mol. The number of hydrogen-bond donors (Lipinski definition) is 2. The van der Waals surface area contributed by atoms with Crippen molar-refractivity contribution in [3.05, 3.63) is 34.9 Å². The smallest absolute Gasteiger partial charge is 0.234 e. The fraction of sp³-hybridized carbons (Fsp3) is 0.611. The predicted octanol–water partition coefficient (Wildman–Crippen LogP) is 1.40. The van der Waals surface area contributed by atoms with E-state index in [2.05, 4.69) is 54.6 Å². The van der Waals surface area contributed by atoms with Crippen LogP contribution >= 0.6 is 0 Å². The quantitative estimate of drug-likeness (QED) is 0.832. The molecule has 1 saturated heterocycles. The average Bonchev–Trinajstić information content (AvgIpc) is 2.50. The first-order valence-electron chi connectivity index (χ1n) is 8.33. The molecule has 1 aromatic carbocycles. The zero-order valence-corrected chi connectivity index (χ0v) is 14.7. The first-order chi connectivity index (χ1) is 11.0. The summed E-state index contributed by atoms with van der Waals surface area (Å²) in [7, 11) is 2.09. The molecule has 0 unspecified atom stereocenters. The van der Waals surface area contributed by atoms with Crippen molar-refractivity contribution in [2.75, 3.05) is 39.8 Å². The van der Waals surface area contributed by atoms with Gasteiger partial charge in [0.25, 0.3) is 0 Å². The fourth-order valence-corrected chi connectivity index (χ4v) is 2.75. The molecule has 23 heavy (non-hydrogen) atoms. The third-order valence-corrected chi connectivity index (χ3v) is 4.41. The highest BCUT2D eigenvalue weighted by atomic mass is 16.5. The van der Waals surface area contributed by atoms with Gasteiger partial charge in [-0.05, 0) is 44.5 Å². The van der Waals surface area contributed by atoms with Crippen LogP contribution in [0.4, 0.5) is 0 Å². The molecule has 0 radical (unpaired) electrons. The van der Waals surface area contributed by atoms with Gasteiger partial charge in [0.05, 0.1) is 25.3 Å². The summed E-state index contributed by atoms with van der Waals surface area (Å²) in [5.74, 6) is 0.0138. The van der Waals surface area contributed by atoms with Crippen LogP contribution in [0, 0.1) is 13.8 Å². The van der Waals surface area contributed by atoms with Gasteiger partial charge in [0.1, 0.15) is 0 Å². The highest BCUT2D eigenvalue weighted by Crippen LogP contribution is 2.16. The molecular weight excluding hydrogens is 290 g/mol. The summed E-state index contributed by atoms with van der Waals surface area (Å²) >= 11 is 0. The topological polar surface area (TPSA) is 53.6 Å². The zero-order valence-electron chi connectivity index (χ0n) is 14.7. The molecule has 2 atom stereocenters. The van der Waals surface area contributed by atoms with E-state index in [1.807, 2.05) is 6.92 Å². The SMILES string of the molecule is Cc1ccc([C@H](C)NC(=O)CNC[C@H]2CN(C)CCO2)cc1C. The Morgan fingerprint density at radius 2 is 2.17 bits per heavy atom. The largest absolute Gasteiger partial charge is 0.374 e. The van der Waals surface area contributed by atoms with Crippen molar-refractivity contribution >= 4 is 5.91 Å². The fourth-order valence-electron chi connectivity index (χ4n) is 2.75. The van der Waals surface area contributed by atoms with Crippen molar-refractivity contribution in [1.82, 2.24) is 15.5 Å². The molecule has 128 valence electrons. The van der Waals surface area contributed by atoms with Crippen LogP contribution in [0.2, 0.25) is 0 Å². The Kier molecular flexibility index (Phi) is 6.57. The molecule has 2 rings (SSSR count). The van der Waals surface area contributed by atoms with Crippen molar-refractivity contribution in [3.8, 4) is 0 Å². The van der Waals surface area contributed by atoms with Crippen LogP contribution in [0.1, 0.15) is 29.7 Å². The van der Waals surface area contributed by atoms with Crippen molar-refractivity contribution in [2.45, 2.75) is 32.9 Å². The van der Waals surface area contributed by atoms with Gasteiger partial charge < -0.3 is 20.3 Å². The third kappa shape index (κ3) is 5.61. The van der Waals surface area contributed by atoms with Gasteiger partial charge in [-0.15, -0.1) is 0 Å². The van der Waals surface area contributed by atoms with Crippen LogP contribution in [0.5, 0.6) is 0 Å². The minimum absolute atomic E-state index is 0.0138. The molecule has 1 aliphatic rings. The van der Waals surface area contributed by atoms with Crippen LogP contribution in [0.25, 0.3) is 0 Å². The predicted molar refractivity (Wildman–Crippen MR) is 92.6 cm³/mol. The molecule has 1 heterocycles. The van der Waals surface area contributed by atoms with Gasteiger partial charge in [-0.25, -0.2) is 0 Å². The van der Waals surface area contributed by atoms with E-state index in [0.29, 0.717) is 13.1 Å². The molecule has 0 saturated carbocycles. The highest BCUT2D eigenvalue weighted by molar-refractivity contribution is 5.78. The van der Waals surface area contributed by atoms with Gasteiger partial charge in [-0.1, -0.05) is 18.2 Å². The molecule has 5 nitrogen and oxygen atoms in total. The maximum atomic E-state index is 12.1. The van der Waals surface area contributed by atoms with Gasteiger partial charge in [0.15, 0.2) is 0 Å². The molecule has 0 spiro atoms. The molecular formula is C18H29N3O2. The molecule has 0 aliphatic carbocycles. The van der Waals surface area contributed by atoms with Crippen LogP contribution < -0.4 is 10.6 Å². The molecule has 1 aliphatic heterocycles. The van der Waals surface area contributed by atoms with E-state index >= 15 is 0 Å². The number of carbonyl (C=O) groups excluding carboxylic acids is 1. The van der Waals surface area contributed by atoms with Crippen molar-refractivity contribution in [1.29, 1.82) is 0 Å². The number of benzene rings is 1. The Labute approximate surface area is 139 Å². The van der Waals surface area contributed by atoms with Crippen LogP contribution in [0.3, 0.4) is 0 Å².